The first-order chi connectivity index (χ1) is 7.31. The maximum absolute atomic E-state index is 12.0. The molecule has 0 bridgehead atoms. The van der Waals surface area contributed by atoms with E-state index in [1.165, 1.54) is 0 Å². The lowest BCUT2D eigenvalue weighted by Gasteiger charge is -2.15. The zero-order valence-electron chi connectivity index (χ0n) is 8.65. The predicted molar refractivity (Wildman–Crippen MR) is 64.3 cm³/mol. The highest BCUT2D eigenvalue weighted by molar-refractivity contribution is 7.79. The maximum Gasteiger partial charge on any atom is 0.253 e. The van der Waals surface area contributed by atoms with Gasteiger partial charge in [-0.3, -0.25) is 4.79 Å². The highest BCUT2D eigenvalue weighted by Crippen LogP contribution is 2.14. The minimum absolute atomic E-state index is 0.165. The Morgan fingerprint density at radius 3 is 2.33 bits per heavy atom. The normalized spacial score (nSPS) is 15.7. The van der Waals surface area contributed by atoms with E-state index in [1.54, 1.807) is 0 Å². The zero-order valence-corrected chi connectivity index (χ0v) is 9.54. The molecule has 1 amide bonds. The van der Waals surface area contributed by atoms with E-state index >= 15 is 0 Å². The fourth-order valence-corrected chi connectivity index (χ4v) is 2.07. The van der Waals surface area contributed by atoms with Crippen LogP contribution in [0.15, 0.2) is 24.3 Å². The number of rotatable bonds is 2. The molecule has 1 aromatic rings. The minimum Gasteiger partial charge on any atom is -0.339 e. The smallest absolute Gasteiger partial charge is 0.253 e. The molecule has 0 radical (unpaired) electrons. The summed E-state index contributed by atoms with van der Waals surface area (Å²) >= 11 is 4.19. The SMILES string of the molecule is O=C(c1ccc(CS)cc1)N1CCCC1. The van der Waals surface area contributed by atoms with Crippen molar-refractivity contribution in [2.75, 3.05) is 13.1 Å². The molecular formula is C12H15NOS. The van der Waals surface area contributed by atoms with E-state index in [9.17, 15) is 4.79 Å². The predicted octanol–water partition coefficient (Wildman–Crippen LogP) is 2.35. The van der Waals surface area contributed by atoms with Crippen molar-refractivity contribution in [2.45, 2.75) is 18.6 Å². The molecule has 2 nitrogen and oxygen atoms in total. The maximum atomic E-state index is 12.0. The van der Waals surface area contributed by atoms with Gasteiger partial charge < -0.3 is 4.90 Å². The summed E-state index contributed by atoms with van der Waals surface area (Å²) in [7, 11) is 0. The average Bonchev–Trinajstić information content (AvgIpc) is 2.82. The molecule has 80 valence electrons. The van der Waals surface area contributed by atoms with Crippen LogP contribution < -0.4 is 0 Å². The van der Waals surface area contributed by atoms with Crippen LogP contribution in [0.1, 0.15) is 28.8 Å². The van der Waals surface area contributed by atoms with Crippen LogP contribution in [0, 0.1) is 0 Å². The molecule has 2 rings (SSSR count). The first kappa shape index (κ1) is 10.6. The van der Waals surface area contributed by atoms with Gasteiger partial charge in [-0.1, -0.05) is 12.1 Å². The number of carbonyl (C=O) groups excluding carboxylic acids is 1. The molecule has 0 unspecified atom stereocenters. The second-order valence-electron chi connectivity index (χ2n) is 3.85. The van der Waals surface area contributed by atoms with Crippen molar-refractivity contribution >= 4 is 18.5 Å². The Labute approximate surface area is 95.7 Å². The van der Waals surface area contributed by atoms with Crippen molar-refractivity contribution in [3.05, 3.63) is 35.4 Å². The minimum atomic E-state index is 0.165. The molecule has 1 saturated heterocycles. The molecule has 0 atom stereocenters. The quantitative estimate of drug-likeness (QED) is 0.760. The Bertz CT molecular complexity index is 341. The van der Waals surface area contributed by atoms with E-state index in [-0.39, 0.29) is 5.91 Å². The molecule has 1 fully saturated rings. The van der Waals surface area contributed by atoms with E-state index in [2.05, 4.69) is 12.6 Å². The first-order valence-corrected chi connectivity index (χ1v) is 5.93. The van der Waals surface area contributed by atoms with Gasteiger partial charge in [0.05, 0.1) is 0 Å². The average molecular weight is 221 g/mol. The summed E-state index contributed by atoms with van der Waals surface area (Å²) in [4.78, 5) is 13.9. The van der Waals surface area contributed by atoms with Crippen molar-refractivity contribution in [3.63, 3.8) is 0 Å². The molecule has 0 N–H and O–H groups in total. The van der Waals surface area contributed by atoms with E-state index < -0.39 is 0 Å². The van der Waals surface area contributed by atoms with Crippen molar-refractivity contribution < 1.29 is 4.79 Å². The van der Waals surface area contributed by atoms with Gasteiger partial charge in [-0.15, -0.1) is 0 Å². The van der Waals surface area contributed by atoms with Gasteiger partial charge >= 0.3 is 0 Å². The van der Waals surface area contributed by atoms with Crippen LogP contribution in [-0.4, -0.2) is 23.9 Å². The number of likely N-dealkylation sites (tertiary alicyclic amines) is 1. The van der Waals surface area contributed by atoms with E-state index in [4.69, 9.17) is 0 Å². The molecule has 0 aliphatic carbocycles. The monoisotopic (exact) mass is 221 g/mol. The van der Waals surface area contributed by atoms with Crippen molar-refractivity contribution in [3.8, 4) is 0 Å². The molecule has 1 aliphatic rings. The van der Waals surface area contributed by atoms with Gasteiger partial charge in [0.15, 0.2) is 0 Å². The van der Waals surface area contributed by atoms with Gasteiger partial charge in [-0.25, -0.2) is 0 Å². The Balaban J connectivity index is 2.11. The molecule has 0 saturated carbocycles. The Morgan fingerprint density at radius 2 is 1.80 bits per heavy atom. The third-order valence-electron chi connectivity index (χ3n) is 2.78. The van der Waals surface area contributed by atoms with E-state index in [0.717, 1.165) is 42.8 Å². The van der Waals surface area contributed by atoms with Crippen LogP contribution in [0.25, 0.3) is 0 Å². The number of hydrogen-bond acceptors (Lipinski definition) is 2. The summed E-state index contributed by atoms with van der Waals surface area (Å²) in [6.45, 7) is 1.82. The van der Waals surface area contributed by atoms with Gasteiger partial charge in [-0.2, -0.15) is 12.6 Å². The van der Waals surface area contributed by atoms with Gasteiger partial charge in [0, 0.05) is 24.4 Å². The molecule has 1 aliphatic heterocycles. The van der Waals surface area contributed by atoms with Crippen LogP contribution in [0.2, 0.25) is 0 Å². The van der Waals surface area contributed by atoms with Crippen molar-refractivity contribution in [2.24, 2.45) is 0 Å². The number of carbonyl (C=O) groups is 1. The van der Waals surface area contributed by atoms with Crippen LogP contribution in [-0.2, 0) is 5.75 Å². The van der Waals surface area contributed by atoms with E-state index in [1.807, 2.05) is 29.2 Å². The first-order valence-electron chi connectivity index (χ1n) is 5.30. The standard InChI is InChI=1S/C12H15NOS/c14-12(13-7-1-2-8-13)11-5-3-10(9-15)4-6-11/h3-6,15H,1-2,7-9H2. The number of benzene rings is 1. The number of nitrogens with zero attached hydrogens (tertiary/aromatic N) is 1. The Morgan fingerprint density at radius 1 is 1.20 bits per heavy atom. The number of hydrogen-bond donors (Lipinski definition) is 1. The van der Waals surface area contributed by atoms with Crippen LogP contribution in [0.3, 0.4) is 0 Å². The van der Waals surface area contributed by atoms with E-state index in [0.29, 0.717) is 0 Å². The lowest BCUT2D eigenvalue weighted by atomic mass is 10.1. The second kappa shape index (κ2) is 4.71. The van der Waals surface area contributed by atoms with Gasteiger partial charge in [-0.05, 0) is 30.5 Å². The lowest BCUT2D eigenvalue weighted by molar-refractivity contribution is 0.0793. The highest BCUT2D eigenvalue weighted by Gasteiger charge is 2.18. The lowest BCUT2D eigenvalue weighted by Crippen LogP contribution is -2.27. The molecule has 1 aromatic carbocycles. The zero-order chi connectivity index (χ0) is 10.7. The third kappa shape index (κ3) is 2.34. The van der Waals surface area contributed by atoms with Gasteiger partial charge in [0.2, 0.25) is 0 Å². The summed E-state index contributed by atoms with van der Waals surface area (Å²) in [6.07, 6.45) is 2.28. The molecule has 15 heavy (non-hydrogen) atoms. The summed E-state index contributed by atoms with van der Waals surface area (Å²) in [5.41, 5.74) is 1.94. The molecule has 1 heterocycles. The molecular weight excluding hydrogens is 206 g/mol. The van der Waals surface area contributed by atoms with Crippen molar-refractivity contribution in [1.29, 1.82) is 0 Å². The van der Waals surface area contributed by atoms with Crippen LogP contribution in [0.4, 0.5) is 0 Å². The van der Waals surface area contributed by atoms with Gasteiger partial charge in [0.1, 0.15) is 0 Å². The summed E-state index contributed by atoms with van der Waals surface area (Å²) in [6, 6.07) is 7.73. The van der Waals surface area contributed by atoms with Gasteiger partial charge in [0.25, 0.3) is 5.91 Å². The highest BCUT2D eigenvalue weighted by atomic mass is 32.1. The summed E-state index contributed by atoms with van der Waals surface area (Å²) < 4.78 is 0. The topological polar surface area (TPSA) is 20.3 Å². The summed E-state index contributed by atoms with van der Waals surface area (Å²) in [5, 5.41) is 0. The third-order valence-corrected chi connectivity index (χ3v) is 3.14. The molecule has 0 aromatic heterocycles. The molecule has 3 heteroatoms. The number of amides is 1. The van der Waals surface area contributed by atoms with Crippen LogP contribution >= 0.6 is 12.6 Å². The fraction of sp³-hybridized carbons (Fsp3) is 0.417. The summed E-state index contributed by atoms with van der Waals surface area (Å²) in [5.74, 6) is 0.885. The Hall–Kier alpha value is -0.960. The van der Waals surface area contributed by atoms with Crippen molar-refractivity contribution in [1.82, 2.24) is 4.90 Å². The Kier molecular flexibility index (Phi) is 3.31. The molecule has 0 spiro atoms. The fourth-order valence-electron chi connectivity index (χ4n) is 1.86. The number of thiol groups is 1. The van der Waals surface area contributed by atoms with Crippen LogP contribution in [0.5, 0.6) is 0 Å². The largest absolute Gasteiger partial charge is 0.339 e. The second-order valence-corrected chi connectivity index (χ2v) is 4.17.